The molecule has 0 amide bonds. The van der Waals surface area contributed by atoms with Crippen molar-refractivity contribution in [2.45, 2.75) is 17.6 Å². The Morgan fingerprint density at radius 3 is 2.59 bits per heavy atom. The van der Waals surface area contributed by atoms with Gasteiger partial charge in [-0.15, -0.1) is 0 Å². The lowest BCUT2D eigenvalue weighted by Crippen LogP contribution is -2.16. The third-order valence-corrected chi connectivity index (χ3v) is 6.56. The Morgan fingerprint density at radius 2 is 1.89 bits per heavy atom. The van der Waals surface area contributed by atoms with E-state index in [1.54, 1.807) is 35.9 Å². The number of ether oxygens (including phenoxy) is 1. The van der Waals surface area contributed by atoms with Gasteiger partial charge in [0.15, 0.2) is 15.5 Å². The number of rotatable bonds is 3. The highest BCUT2D eigenvalue weighted by molar-refractivity contribution is 9.10. The molecule has 138 valence electrons. The molecule has 0 atom stereocenters. The summed E-state index contributed by atoms with van der Waals surface area (Å²) in [4.78, 5) is 12.7. The fourth-order valence-electron chi connectivity index (χ4n) is 3.20. The summed E-state index contributed by atoms with van der Waals surface area (Å²) in [6.45, 7) is 1.88. The summed E-state index contributed by atoms with van der Waals surface area (Å²) in [6.07, 6.45) is 0. The number of halogens is 1. The highest BCUT2D eigenvalue weighted by atomic mass is 79.9. The molecule has 2 heterocycles. The topological polar surface area (TPSA) is 78.3 Å². The van der Waals surface area contributed by atoms with E-state index in [0.29, 0.717) is 16.8 Å². The number of carbonyl (C=O) groups is 1. The van der Waals surface area contributed by atoms with Gasteiger partial charge in [0.25, 0.3) is 0 Å². The van der Waals surface area contributed by atoms with Crippen molar-refractivity contribution in [2.24, 2.45) is 0 Å². The summed E-state index contributed by atoms with van der Waals surface area (Å²) in [5.74, 6) is -0.913. The fraction of sp³-hybridized carbons (Fsp3) is 0.158. The molecule has 0 N–H and O–H groups in total. The highest BCUT2D eigenvalue weighted by Crippen LogP contribution is 2.40. The van der Waals surface area contributed by atoms with Crippen LogP contribution in [0, 0.1) is 0 Å². The monoisotopic (exact) mass is 446 g/mol. The van der Waals surface area contributed by atoms with Crippen LogP contribution in [0.25, 0.3) is 16.9 Å². The summed E-state index contributed by atoms with van der Waals surface area (Å²) in [5.41, 5.74) is 2.26. The van der Waals surface area contributed by atoms with Crippen LogP contribution < -0.4 is 0 Å². The van der Waals surface area contributed by atoms with Crippen molar-refractivity contribution in [3.05, 3.63) is 64.3 Å². The van der Waals surface area contributed by atoms with Gasteiger partial charge < -0.3 is 4.74 Å². The molecule has 0 fully saturated rings. The Hall–Kier alpha value is -2.45. The van der Waals surface area contributed by atoms with Crippen LogP contribution in [-0.2, 0) is 20.3 Å². The van der Waals surface area contributed by atoms with Crippen LogP contribution in [0.4, 0.5) is 0 Å². The minimum atomic E-state index is -3.57. The second-order valence-electron chi connectivity index (χ2n) is 6.04. The van der Waals surface area contributed by atoms with Crippen LogP contribution in [0.2, 0.25) is 0 Å². The lowest BCUT2D eigenvalue weighted by Gasteiger charge is -2.19. The average molecular weight is 447 g/mol. The summed E-state index contributed by atoms with van der Waals surface area (Å²) >= 11 is 3.40. The summed E-state index contributed by atoms with van der Waals surface area (Å²) in [6, 6.07) is 14.2. The van der Waals surface area contributed by atoms with Crippen LogP contribution in [-0.4, -0.2) is 30.8 Å². The predicted molar refractivity (Wildman–Crippen MR) is 104 cm³/mol. The van der Waals surface area contributed by atoms with E-state index < -0.39 is 15.8 Å². The lowest BCUT2D eigenvalue weighted by atomic mass is 10.1. The van der Waals surface area contributed by atoms with Gasteiger partial charge in [0.1, 0.15) is 0 Å². The summed E-state index contributed by atoms with van der Waals surface area (Å²) in [7, 11) is -3.57. The van der Waals surface area contributed by atoms with Crippen molar-refractivity contribution < 1.29 is 17.9 Å². The van der Waals surface area contributed by atoms with Crippen LogP contribution in [0.3, 0.4) is 0 Å². The molecule has 0 unspecified atom stereocenters. The van der Waals surface area contributed by atoms with Crippen molar-refractivity contribution in [3.63, 3.8) is 0 Å². The zero-order valence-electron chi connectivity index (χ0n) is 14.3. The molecule has 0 spiro atoms. The standard InChI is InChI=1S/C19H15BrN2O4S/c1-2-26-19(23)17-15-11-27(24,25)16-6-4-3-5-14(16)18(15)22(21-17)13-9-7-12(20)8-10-13/h3-10H,2,11H2,1H3. The molecule has 1 aliphatic heterocycles. The van der Waals surface area contributed by atoms with Crippen LogP contribution in [0.15, 0.2) is 57.9 Å². The SMILES string of the molecule is CCOC(=O)c1nn(-c2ccc(Br)cc2)c2c1CS(=O)(=O)c1ccccc1-2. The van der Waals surface area contributed by atoms with Crippen molar-refractivity contribution in [1.82, 2.24) is 9.78 Å². The van der Waals surface area contributed by atoms with Crippen LogP contribution >= 0.6 is 15.9 Å². The number of aromatic nitrogens is 2. The second-order valence-corrected chi connectivity index (χ2v) is 8.91. The van der Waals surface area contributed by atoms with E-state index in [9.17, 15) is 13.2 Å². The van der Waals surface area contributed by atoms with Gasteiger partial charge in [0.2, 0.25) is 0 Å². The number of fused-ring (bicyclic) bond motifs is 3. The molecular weight excluding hydrogens is 432 g/mol. The molecule has 8 heteroatoms. The van der Waals surface area contributed by atoms with E-state index in [1.807, 2.05) is 24.3 Å². The first-order valence-corrected chi connectivity index (χ1v) is 10.7. The van der Waals surface area contributed by atoms with E-state index in [0.717, 1.165) is 10.2 Å². The quantitative estimate of drug-likeness (QED) is 0.572. The molecule has 0 aliphatic carbocycles. The maximum absolute atomic E-state index is 12.8. The van der Waals surface area contributed by atoms with E-state index in [1.165, 1.54) is 0 Å². The Bertz CT molecular complexity index is 1150. The van der Waals surface area contributed by atoms with E-state index in [4.69, 9.17) is 4.74 Å². The van der Waals surface area contributed by atoms with Gasteiger partial charge in [-0.2, -0.15) is 5.10 Å². The number of sulfone groups is 1. The molecule has 6 nitrogen and oxygen atoms in total. The first-order chi connectivity index (χ1) is 12.9. The number of hydrogen-bond acceptors (Lipinski definition) is 5. The van der Waals surface area contributed by atoms with Crippen molar-refractivity contribution in [1.29, 1.82) is 0 Å². The van der Waals surface area contributed by atoms with Crippen molar-refractivity contribution >= 4 is 31.7 Å². The molecule has 2 aromatic carbocycles. The predicted octanol–water partition coefficient (Wildman–Crippen LogP) is 3.77. The molecule has 0 bridgehead atoms. The Labute approximate surface area is 164 Å². The maximum Gasteiger partial charge on any atom is 0.359 e. The largest absolute Gasteiger partial charge is 0.461 e. The Kier molecular flexibility index (Phi) is 4.39. The maximum atomic E-state index is 12.8. The second kappa shape index (κ2) is 6.61. The molecular formula is C19H15BrN2O4S. The van der Waals surface area contributed by atoms with E-state index in [2.05, 4.69) is 21.0 Å². The molecule has 1 aromatic heterocycles. The number of carbonyl (C=O) groups excluding carboxylic acids is 1. The van der Waals surface area contributed by atoms with Gasteiger partial charge in [-0.05, 0) is 37.3 Å². The smallest absolute Gasteiger partial charge is 0.359 e. The van der Waals surface area contributed by atoms with Crippen molar-refractivity contribution in [3.8, 4) is 16.9 Å². The third-order valence-electron chi connectivity index (χ3n) is 4.34. The van der Waals surface area contributed by atoms with E-state index >= 15 is 0 Å². The normalized spacial score (nSPS) is 14.3. The van der Waals surface area contributed by atoms with Crippen LogP contribution in [0.5, 0.6) is 0 Å². The van der Waals surface area contributed by atoms with Gasteiger partial charge in [0, 0.05) is 15.6 Å². The summed E-state index contributed by atoms with van der Waals surface area (Å²) in [5, 5.41) is 4.44. The average Bonchev–Trinajstić information content (AvgIpc) is 3.01. The first kappa shape index (κ1) is 17.9. The first-order valence-electron chi connectivity index (χ1n) is 8.29. The Morgan fingerprint density at radius 1 is 1.19 bits per heavy atom. The molecule has 0 saturated heterocycles. The molecule has 27 heavy (non-hydrogen) atoms. The van der Waals surface area contributed by atoms with Gasteiger partial charge in [-0.1, -0.05) is 34.1 Å². The van der Waals surface area contributed by atoms with Gasteiger partial charge >= 0.3 is 5.97 Å². The van der Waals surface area contributed by atoms with Gasteiger partial charge in [-0.3, -0.25) is 0 Å². The van der Waals surface area contributed by atoms with Crippen molar-refractivity contribution in [2.75, 3.05) is 6.61 Å². The van der Waals surface area contributed by atoms with Crippen LogP contribution in [0.1, 0.15) is 23.0 Å². The fourth-order valence-corrected chi connectivity index (χ4v) is 5.06. The van der Waals surface area contributed by atoms with E-state index in [-0.39, 0.29) is 22.9 Å². The van der Waals surface area contributed by atoms with Gasteiger partial charge in [-0.25, -0.2) is 17.9 Å². The zero-order chi connectivity index (χ0) is 19.2. The Balaban J connectivity index is 2.04. The molecule has 0 radical (unpaired) electrons. The molecule has 0 saturated carbocycles. The van der Waals surface area contributed by atoms with Gasteiger partial charge in [0.05, 0.1) is 28.6 Å². The summed E-state index contributed by atoms with van der Waals surface area (Å²) < 4.78 is 33.1. The number of hydrogen-bond donors (Lipinski definition) is 0. The molecule has 3 aromatic rings. The number of benzene rings is 2. The number of esters is 1. The number of nitrogens with zero attached hydrogens (tertiary/aromatic N) is 2. The minimum absolute atomic E-state index is 0.0350. The molecule has 1 aliphatic rings. The lowest BCUT2D eigenvalue weighted by molar-refractivity contribution is 0.0518. The zero-order valence-corrected chi connectivity index (χ0v) is 16.7. The molecule has 4 rings (SSSR count). The third kappa shape index (κ3) is 2.98. The highest BCUT2D eigenvalue weighted by Gasteiger charge is 2.36. The minimum Gasteiger partial charge on any atom is -0.461 e.